The Balaban J connectivity index is 1.73. The number of hydrogen-bond donors (Lipinski definition) is 8. The van der Waals surface area contributed by atoms with Crippen molar-refractivity contribution in [1.82, 2.24) is 15.0 Å². The molecule has 0 saturated carbocycles. The number of phenols is 1. The number of anilines is 5. The van der Waals surface area contributed by atoms with Gasteiger partial charge in [-0.3, -0.25) is 9.27 Å². The van der Waals surface area contributed by atoms with Crippen LogP contribution >= 0.6 is 0 Å². The number of azo groups is 1. The third-order valence-corrected chi connectivity index (χ3v) is 7.65. The summed E-state index contributed by atoms with van der Waals surface area (Å²) in [6.07, 6.45) is 0. The molecule has 1 heterocycles. The largest absolute Gasteiger partial charge is 0.505 e. The summed E-state index contributed by atoms with van der Waals surface area (Å²) in [7, 11) is -9.66. The van der Waals surface area contributed by atoms with Gasteiger partial charge in [-0.1, -0.05) is 30.3 Å². The number of aromatic nitrogens is 3. The summed E-state index contributed by atoms with van der Waals surface area (Å²) in [4.78, 5) is 22.8. The van der Waals surface area contributed by atoms with Crippen molar-refractivity contribution in [2.75, 3.05) is 15.4 Å². The molecule has 47 heavy (non-hydrogen) atoms. The highest BCUT2D eigenvalue weighted by Crippen LogP contribution is 2.47. The van der Waals surface area contributed by atoms with Crippen LogP contribution in [0.1, 0.15) is 10.4 Å². The smallest absolute Gasteiger partial charge is 0.357 e. The molecule has 0 unspecified atom stereocenters. The Morgan fingerprint density at radius 2 is 1.49 bits per heavy atom. The van der Waals surface area contributed by atoms with Crippen LogP contribution in [0.3, 0.4) is 0 Å². The summed E-state index contributed by atoms with van der Waals surface area (Å²) in [6.45, 7) is 0. The van der Waals surface area contributed by atoms with Crippen molar-refractivity contribution in [3.05, 3.63) is 78.4 Å². The zero-order chi connectivity index (χ0) is 33.9. The molecule has 9 N–H and O–H groups in total. The number of carbonyl (C=O) groups is 1. The van der Waals surface area contributed by atoms with Crippen molar-refractivity contribution in [3.63, 3.8) is 0 Å². The van der Waals surface area contributed by atoms with Gasteiger partial charge in [0, 0.05) is 11.1 Å². The van der Waals surface area contributed by atoms with Crippen LogP contribution in [-0.2, 0) is 24.7 Å². The Hall–Kier alpha value is -6.00. The highest BCUT2D eigenvalue weighted by molar-refractivity contribution is 7.87. The van der Waals surface area contributed by atoms with Gasteiger partial charge in [-0.2, -0.15) is 42.0 Å². The molecule has 19 nitrogen and oxygen atoms in total. The number of carboxylic acid groups (broad SMARTS) is 1. The van der Waals surface area contributed by atoms with Gasteiger partial charge >= 0.3 is 32.4 Å². The molecule has 0 fully saturated rings. The first-order valence-electron chi connectivity index (χ1n) is 12.7. The van der Waals surface area contributed by atoms with Gasteiger partial charge in [0.05, 0.1) is 21.8 Å². The lowest BCUT2D eigenvalue weighted by Crippen LogP contribution is -2.12. The van der Waals surface area contributed by atoms with Crippen LogP contribution in [0.2, 0.25) is 0 Å². The average Bonchev–Trinajstić information content (AvgIpc) is 3.00. The van der Waals surface area contributed by atoms with E-state index in [1.807, 2.05) is 0 Å². The number of carboxylic acids is 1. The molecule has 0 atom stereocenters. The molecule has 0 aliphatic heterocycles. The normalized spacial score (nSPS) is 11.9. The number of nitrogens with two attached hydrogens (primary N) is 1. The molecule has 5 rings (SSSR count). The van der Waals surface area contributed by atoms with Gasteiger partial charge in [-0.05, 0) is 47.9 Å². The quantitative estimate of drug-likeness (QED) is 0.0557. The lowest BCUT2D eigenvalue weighted by molar-refractivity contribution is 0.0697. The van der Waals surface area contributed by atoms with Crippen LogP contribution in [0, 0.1) is 0 Å². The zero-order valence-electron chi connectivity index (χ0n) is 23.3. The van der Waals surface area contributed by atoms with Gasteiger partial charge in [0.25, 0.3) is 0 Å². The molecule has 21 heteroatoms. The monoisotopic (exact) mass is 683 g/mol. The second-order valence-corrected chi connectivity index (χ2v) is 12.0. The van der Waals surface area contributed by atoms with E-state index in [4.69, 9.17) is 5.90 Å². The predicted octanol–water partition coefficient (Wildman–Crippen LogP) is 3.83. The van der Waals surface area contributed by atoms with Crippen LogP contribution in [0.25, 0.3) is 10.8 Å². The van der Waals surface area contributed by atoms with Crippen molar-refractivity contribution in [1.29, 1.82) is 0 Å². The molecule has 4 aromatic carbocycles. The summed E-state index contributed by atoms with van der Waals surface area (Å²) < 4.78 is 64.2. The van der Waals surface area contributed by atoms with E-state index in [1.165, 1.54) is 24.3 Å². The lowest BCUT2D eigenvalue weighted by atomic mass is 10.0. The van der Waals surface area contributed by atoms with Gasteiger partial charge in [0.2, 0.25) is 11.9 Å². The summed E-state index contributed by atoms with van der Waals surface area (Å²) in [5, 5.41) is 43.9. The molecule has 0 aliphatic rings. The maximum absolute atomic E-state index is 12.6. The van der Waals surface area contributed by atoms with E-state index in [9.17, 15) is 41.5 Å². The van der Waals surface area contributed by atoms with Crippen LogP contribution < -0.4 is 21.3 Å². The molecule has 242 valence electrons. The molecule has 0 spiro atoms. The zero-order valence-corrected chi connectivity index (χ0v) is 24.9. The van der Waals surface area contributed by atoms with E-state index < -0.39 is 54.4 Å². The molecule has 0 saturated heterocycles. The average molecular weight is 684 g/mol. The number of aromatic hydroxyl groups is 2. The van der Waals surface area contributed by atoms with E-state index >= 15 is 0 Å². The van der Waals surface area contributed by atoms with Crippen molar-refractivity contribution in [3.8, 4) is 11.8 Å². The number of nitrogens with one attached hydrogen (secondary N) is 3. The van der Waals surface area contributed by atoms with Gasteiger partial charge in [-0.25, -0.2) is 4.79 Å². The minimum absolute atomic E-state index is 0.139. The second-order valence-electron chi connectivity index (χ2n) is 9.24. The molecule has 5 aromatic rings. The van der Waals surface area contributed by atoms with Crippen LogP contribution in [0.15, 0.2) is 87.9 Å². The summed E-state index contributed by atoms with van der Waals surface area (Å²) in [5.74, 6) is 2.27. The van der Waals surface area contributed by atoms with Crippen molar-refractivity contribution < 1.29 is 45.8 Å². The Morgan fingerprint density at radius 3 is 2.15 bits per heavy atom. The molecule has 0 radical (unpaired) electrons. The fourth-order valence-corrected chi connectivity index (χ4v) is 5.27. The van der Waals surface area contributed by atoms with Crippen molar-refractivity contribution >= 4 is 77.5 Å². The van der Waals surface area contributed by atoms with E-state index in [1.54, 1.807) is 35.1 Å². The molecule has 0 amide bonds. The number of benzene rings is 4. The first-order chi connectivity index (χ1) is 22.2. The van der Waals surface area contributed by atoms with Gasteiger partial charge in [0.1, 0.15) is 5.69 Å². The Morgan fingerprint density at radius 1 is 0.830 bits per heavy atom. The number of rotatable bonds is 11. The van der Waals surface area contributed by atoms with Crippen LogP contribution in [0.5, 0.6) is 11.8 Å². The minimum atomic E-state index is -5.02. The van der Waals surface area contributed by atoms with Gasteiger partial charge < -0.3 is 26.0 Å². The maximum Gasteiger partial charge on any atom is 0.357 e. The summed E-state index contributed by atoms with van der Waals surface area (Å²) >= 11 is 0. The standard InChI is InChI=1S/C26H21N9O10S2/c27-45-46(40,41)15-10-13-11-19(35-47(42,43)44)21(34-33-17-9-5-4-8-16(17)23(37)38)22(36)20(13)18(12-15)29-25-30-24(31-26(39)32-25)28-14-6-2-1-3-7-14/h1-12,35-36H,27H2,(H,37,38)(H,42,43,44)(H3,28,29,30,31,32,39). The van der Waals surface area contributed by atoms with Gasteiger partial charge in [0.15, 0.2) is 11.4 Å². The topological polar surface area (TPSA) is 301 Å². The van der Waals surface area contributed by atoms with E-state index in [0.29, 0.717) is 5.69 Å². The fourth-order valence-electron chi connectivity index (χ4n) is 4.19. The Kier molecular flexibility index (Phi) is 8.81. The molecule has 1 aromatic heterocycles. The number of aromatic carboxylic acids is 1. The third-order valence-electron chi connectivity index (χ3n) is 6.10. The number of para-hydroxylation sites is 1. The Bertz CT molecular complexity index is 2270. The second kappa shape index (κ2) is 12.8. The minimum Gasteiger partial charge on any atom is -0.505 e. The predicted molar refractivity (Wildman–Crippen MR) is 165 cm³/mol. The first kappa shape index (κ1) is 32.4. The number of phenolic OH excluding ortho intramolecular Hbond substituents is 1. The highest BCUT2D eigenvalue weighted by Gasteiger charge is 2.24. The van der Waals surface area contributed by atoms with E-state index in [-0.39, 0.29) is 39.6 Å². The number of nitrogens with zero attached hydrogens (tertiary/aromatic N) is 5. The molecule has 0 bridgehead atoms. The Labute approximate surface area is 264 Å². The van der Waals surface area contributed by atoms with Crippen LogP contribution in [0.4, 0.5) is 40.3 Å². The maximum atomic E-state index is 12.6. The van der Waals surface area contributed by atoms with Gasteiger partial charge in [-0.15, -0.1) is 10.2 Å². The fraction of sp³-hybridized carbons (Fsp3) is 0. The third kappa shape index (κ3) is 7.46. The number of hydrogen-bond acceptors (Lipinski definition) is 16. The SMILES string of the molecule is NOS(=O)(=O)c1cc(Nc2nc(O)nc(Nc3ccccc3)n2)c2c(O)c(N=Nc3ccccc3C(=O)O)c(NS(=O)(=O)O)cc2c1. The summed E-state index contributed by atoms with van der Waals surface area (Å²) in [6, 6.07) is 16.1. The molecular weight excluding hydrogens is 662 g/mol. The molecular formula is C26H21N9O10S2. The van der Waals surface area contributed by atoms with Crippen molar-refractivity contribution in [2.45, 2.75) is 4.90 Å². The summed E-state index contributed by atoms with van der Waals surface area (Å²) in [5.41, 5.74) is -1.43. The number of fused-ring (bicyclic) bond motifs is 1. The molecule has 0 aliphatic carbocycles. The highest BCUT2D eigenvalue weighted by atomic mass is 32.2. The van der Waals surface area contributed by atoms with E-state index in [0.717, 1.165) is 18.2 Å². The first-order valence-corrected chi connectivity index (χ1v) is 15.6. The lowest BCUT2D eigenvalue weighted by Gasteiger charge is -2.16. The van der Waals surface area contributed by atoms with Crippen LogP contribution in [-0.4, -0.2) is 57.6 Å². The van der Waals surface area contributed by atoms with Crippen molar-refractivity contribution in [2.24, 2.45) is 16.1 Å². The van der Waals surface area contributed by atoms with E-state index in [2.05, 4.69) is 40.1 Å².